The number of piperidine rings is 1. The lowest BCUT2D eigenvalue weighted by Crippen LogP contribution is -2.39. The maximum absolute atomic E-state index is 10.2. The molecule has 1 saturated heterocycles. The molecule has 0 bridgehead atoms. The Morgan fingerprint density at radius 2 is 1.92 bits per heavy atom. The van der Waals surface area contributed by atoms with Crippen LogP contribution in [-0.2, 0) is 0 Å². The van der Waals surface area contributed by atoms with Gasteiger partial charge in [-0.3, -0.25) is 0 Å². The molecule has 0 saturated carbocycles. The number of rotatable bonds is 4. The van der Waals surface area contributed by atoms with E-state index >= 15 is 0 Å². The van der Waals surface area contributed by atoms with Crippen molar-refractivity contribution in [1.29, 1.82) is 0 Å². The minimum absolute atomic E-state index is 0.0287. The Kier molecular flexibility index (Phi) is 4.19. The zero-order chi connectivity index (χ0) is 9.73. The molecule has 0 atom stereocenters. The fraction of sp³-hybridized carbons (Fsp3) is 1.00. The van der Waals surface area contributed by atoms with Crippen LogP contribution in [0, 0.1) is 4.91 Å². The van der Waals surface area contributed by atoms with Gasteiger partial charge in [-0.2, -0.15) is 0 Å². The maximum Gasteiger partial charge on any atom is 0.0482 e. The SMILES string of the molecule is CC(C)(CN1CCCCC1)SN=O. The summed E-state index contributed by atoms with van der Waals surface area (Å²) in [6.07, 6.45) is 3.96. The average molecular weight is 202 g/mol. The number of likely N-dealkylation sites (tertiary alicyclic amines) is 1. The molecule has 1 rings (SSSR count). The monoisotopic (exact) mass is 202 g/mol. The molecule has 3 nitrogen and oxygen atoms in total. The minimum Gasteiger partial charge on any atom is -0.302 e. The Balaban J connectivity index is 2.32. The summed E-state index contributed by atoms with van der Waals surface area (Å²) in [5.41, 5.74) is 0. The molecular weight excluding hydrogens is 184 g/mol. The lowest BCUT2D eigenvalue weighted by molar-refractivity contribution is 0.215. The van der Waals surface area contributed by atoms with Gasteiger partial charge in [0.15, 0.2) is 0 Å². The van der Waals surface area contributed by atoms with Crippen molar-refractivity contribution in [3.8, 4) is 0 Å². The number of nitroso groups, excluding NO2 is 1. The molecule has 0 spiro atoms. The molecule has 0 radical (unpaired) electrons. The van der Waals surface area contributed by atoms with Crippen molar-refractivity contribution < 1.29 is 0 Å². The van der Waals surface area contributed by atoms with E-state index in [4.69, 9.17) is 0 Å². The van der Waals surface area contributed by atoms with Crippen molar-refractivity contribution in [3.63, 3.8) is 0 Å². The molecule has 1 heterocycles. The van der Waals surface area contributed by atoms with Crippen LogP contribution in [0.15, 0.2) is 4.58 Å². The van der Waals surface area contributed by atoms with E-state index in [-0.39, 0.29) is 4.75 Å². The highest BCUT2D eigenvalue weighted by molar-refractivity contribution is 7.99. The van der Waals surface area contributed by atoms with Crippen molar-refractivity contribution in [1.82, 2.24) is 4.90 Å². The summed E-state index contributed by atoms with van der Waals surface area (Å²) in [5.74, 6) is 0. The molecule has 13 heavy (non-hydrogen) atoms. The van der Waals surface area contributed by atoms with Gasteiger partial charge < -0.3 is 4.90 Å². The molecule has 0 aliphatic carbocycles. The van der Waals surface area contributed by atoms with E-state index in [0.717, 1.165) is 18.5 Å². The zero-order valence-electron chi connectivity index (χ0n) is 8.45. The van der Waals surface area contributed by atoms with Gasteiger partial charge in [-0.05, 0) is 39.8 Å². The molecule has 76 valence electrons. The van der Waals surface area contributed by atoms with Gasteiger partial charge in [-0.25, -0.2) is 0 Å². The lowest BCUT2D eigenvalue weighted by atomic mass is 10.1. The Bertz CT molecular complexity index is 167. The Morgan fingerprint density at radius 3 is 2.46 bits per heavy atom. The molecule has 0 unspecified atom stereocenters. The molecule has 0 N–H and O–H groups in total. The highest BCUT2D eigenvalue weighted by Gasteiger charge is 2.24. The summed E-state index contributed by atoms with van der Waals surface area (Å²) >= 11 is 1.15. The van der Waals surface area contributed by atoms with Gasteiger partial charge in [0.2, 0.25) is 0 Å². The third-order valence-corrected chi connectivity index (χ3v) is 3.04. The van der Waals surface area contributed by atoms with E-state index in [9.17, 15) is 4.91 Å². The standard InChI is InChI=1S/C9H18N2OS/c1-9(2,13-10-12)8-11-6-4-3-5-7-11/h3-8H2,1-2H3. The van der Waals surface area contributed by atoms with Crippen molar-refractivity contribution >= 4 is 11.9 Å². The van der Waals surface area contributed by atoms with Gasteiger partial charge in [0.05, 0.1) is 0 Å². The first kappa shape index (κ1) is 11.0. The van der Waals surface area contributed by atoms with Crippen LogP contribution < -0.4 is 0 Å². The Hall–Kier alpha value is -0.0900. The highest BCUT2D eigenvalue weighted by Crippen LogP contribution is 2.27. The van der Waals surface area contributed by atoms with E-state index in [1.54, 1.807) is 0 Å². The third kappa shape index (κ3) is 4.09. The van der Waals surface area contributed by atoms with Gasteiger partial charge in [0.25, 0.3) is 0 Å². The van der Waals surface area contributed by atoms with Gasteiger partial charge >= 0.3 is 0 Å². The molecule has 1 aliphatic rings. The molecule has 4 heteroatoms. The van der Waals surface area contributed by atoms with Crippen LogP contribution in [0.25, 0.3) is 0 Å². The van der Waals surface area contributed by atoms with Crippen molar-refractivity contribution in [2.24, 2.45) is 4.58 Å². The summed E-state index contributed by atoms with van der Waals surface area (Å²) in [6, 6.07) is 0. The number of hydrogen-bond acceptors (Lipinski definition) is 4. The van der Waals surface area contributed by atoms with Crippen LogP contribution in [0.4, 0.5) is 0 Å². The van der Waals surface area contributed by atoms with Gasteiger partial charge in [-0.1, -0.05) is 6.42 Å². The van der Waals surface area contributed by atoms with Gasteiger partial charge in [-0.15, -0.1) is 4.91 Å². The van der Waals surface area contributed by atoms with Crippen molar-refractivity contribution in [2.75, 3.05) is 19.6 Å². The molecule has 0 aromatic carbocycles. The van der Waals surface area contributed by atoms with E-state index < -0.39 is 0 Å². The number of nitrogens with zero attached hydrogens (tertiary/aromatic N) is 2. The second-order valence-corrected chi connectivity index (χ2v) is 5.70. The quantitative estimate of drug-likeness (QED) is 0.519. The normalized spacial score (nSPS) is 20.2. The molecule has 0 amide bonds. The summed E-state index contributed by atoms with van der Waals surface area (Å²) in [4.78, 5) is 12.6. The van der Waals surface area contributed by atoms with Crippen LogP contribution in [0.2, 0.25) is 0 Å². The third-order valence-electron chi connectivity index (χ3n) is 2.34. The zero-order valence-corrected chi connectivity index (χ0v) is 9.27. The first-order valence-corrected chi connectivity index (χ1v) is 5.64. The predicted molar refractivity (Wildman–Crippen MR) is 57.8 cm³/mol. The van der Waals surface area contributed by atoms with Crippen LogP contribution >= 0.6 is 11.9 Å². The molecule has 0 aromatic rings. The average Bonchev–Trinajstić information content (AvgIpc) is 2.04. The molecular formula is C9H18N2OS. The van der Waals surface area contributed by atoms with Crippen LogP contribution in [0.5, 0.6) is 0 Å². The summed E-state index contributed by atoms with van der Waals surface area (Å²) in [5, 5.41) is 0. The topological polar surface area (TPSA) is 32.7 Å². The van der Waals surface area contributed by atoms with Crippen molar-refractivity contribution in [3.05, 3.63) is 4.91 Å². The van der Waals surface area contributed by atoms with Crippen molar-refractivity contribution in [2.45, 2.75) is 37.9 Å². The maximum atomic E-state index is 10.2. The first-order valence-electron chi connectivity index (χ1n) is 4.87. The second kappa shape index (κ2) is 4.96. The van der Waals surface area contributed by atoms with Crippen LogP contribution in [0.3, 0.4) is 0 Å². The first-order chi connectivity index (χ1) is 6.14. The summed E-state index contributed by atoms with van der Waals surface area (Å²) in [6.45, 7) is 7.50. The second-order valence-electron chi connectivity index (χ2n) is 4.26. The van der Waals surface area contributed by atoms with E-state index in [1.165, 1.54) is 32.4 Å². The molecule has 1 aliphatic heterocycles. The van der Waals surface area contributed by atoms with Gasteiger partial charge in [0, 0.05) is 27.8 Å². The molecule has 0 aromatic heterocycles. The van der Waals surface area contributed by atoms with Crippen LogP contribution in [-0.4, -0.2) is 29.3 Å². The highest BCUT2D eigenvalue weighted by atomic mass is 32.2. The van der Waals surface area contributed by atoms with E-state index in [1.807, 2.05) is 0 Å². The summed E-state index contributed by atoms with van der Waals surface area (Å²) < 4.78 is 2.88. The molecule has 1 fully saturated rings. The minimum atomic E-state index is -0.0287. The predicted octanol–water partition coefficient (Wildman–Crippen LogP) is 2.67. The van der Waals surface area contributed by atoms with E-state index in [0.29, 0.717) is 0 Å². The fourth-order valence-electron chi connectivity index (χ4n) is 1.79. The van der Waals surface area contributed by atoms with Crippen LogP contribution in [0.1, 0.15) is 33.1 Å². The summed E-state index contributed by atoms with van der Waals surface area (Å²) in [7, 11) is 0. The largest absolute Gasteiger partial charge is 0.302 e. The fourth-order valence-corrected chi connectivity index (χ4v) is 2.23. The van der Waals surface area contributed by atoms with Gasteiger partial charge in [0.1, 0.15) is 0 Å². The Labute approximate surface area is 84.4 Å². The Morgan fingerprint density at radius 1 is 1.31 bits per heavy atom. The number of hydrogen-bond donors (Lipinski definition) is 0. The smallest absolute Gasteiger partial charge is 0.0482 e. The van der Waals surface area contributed by atoms with E-state index in [2.05, 4.69) is 23.3 Å². The lowest BCUT2D eigenvalue weighted by Gasteiger charge is -2.32.